The zero-order chi connectivity index (χ0) is 17.1. The number of rotatable bonds is 8. The van der Waals surface area contributed by atoms with Crippen molar-refractivity contribution in [2.45, 2.75) is 25.9 Å². The van der Waals surface area contributed by atoms with Gasteiger partial charge in [-0.2, -0.15) is 0 Å². The summed E-state index contributed by atoms with van der Waals surface area (Å²) >= 11 is 0. The molecule has 0 spiro atoms. The van der Waals surface area contributed by atoms with E-state index in [0.717, 1.165) is 13.2 Å². The number of hydrogen-bond donors (Lipinski definition) is 2. The topological polar surface area (TPSA) is 108 Å². The summed E-state index contributed by atoms with van der Waals surface area (Å²) in [6.07, 6.45) is 0. The highest BCUT2D eigenvalue weighted by atomic mass is 31.2. The van der Waals surface area contributed by atoms with Gasteiger partial charge in [0.25, 0.3) is 0 Å². The number of nitrogens with two attached hydrogens (primary N) is 1. The van der Waals surface area contributed by atoms with Crippen LogP contribution >= 0.6 is 16.1 Å². The summed E-state index contributed by atoms with van der Waals surface area (Å²) in [6, 6.07) is 8.11. The van der Waals surface area contributed by atoms with E-state index in [9.17, 15) is 14.0 Å². The number of ether oxygens (including phenoxy) is 2. The molecule has 1 rings (SSSR count). The van der Waals surface area contributed by atoms with Crippen molar-refractivity contribution in [2.24, 2.45) is 5.90 Å². The number of hydrogen-bond acceptors (Lipinski definition) is 6. The maximum absolute atomic E-state index is 11.9. The summed E-state index contributed by atoms with van der Waals surface area (Å²) in [5.74, 6) is 4.82. The molecule has 22 heavy (non-hydrogen) atoms. The monoisotopic (exact) mass is 353 g/mol. The molecule has 1 aromatic carbocycles. The van der Waals surface area contributed by atoms with E-state index >= 15 is 0 Å². The highest BCUT2D eigenvalue weighted by Gasteiger charge is 2.51. The van der Waals surface area contributed by atoms with Crippen LogP contribution in [0.4, 0.5) is 0 Å². The van der Waals surface area contributed by atoms with Gasteiger partial charge in [-0.05, 0) is 20.8 Å². The third-order valence-electron chi connectivity index (χ3n) is 2.68. The Morgan fingerprint density at radius 3 is 2.05 bits per heavy atom. The van der Waals surface area contributed by atoms with E-state index in [2.05, 4.69) is 4.62 Å². The van der Waals surface area contributed by atoms with E-state index in [1.54, 1.807) is 37.3 Å². The highest BCUT2D eigenvalue weighted by molar-refractivity contribution is 7.63. The molecular weight excluding hydrogens is 328 g/mol. The molecule has 1 aromatic rings. The fourth-order valence-electron chi connectivity index (χ4n) is 1.68. The molecule has 0 saturated carbocycles. The second-order valence-electron chi connectivity index (χ2n) is 4.02. The Morgan fingerprint density at radius 2 is 1.73 bits per heavy atom. The first-order chi connectivity index (χ1) is 10.5. The summed E-state index contributed by atoms with van der Waals surface area (Å²) in [4.78, 5) is 9.72. The maximum atomic E-state index is 11.9. The molecular formula is C13H25NO6P2. The van der Waals surface area contributed by atoms with Crippen molar-refractivity contribution in [3.63, 3.8) is 0 Å². The molecule has 0 aliphatic rings. The molecule has 3 unspecified atom stereocenters. The van der Waals surface area contributed by atoms with Crippen LogP contribution in [0.25, 0.3) is 0 Å². The van der Waals surface area contributed by atoms with E-state index in [-0.39, 0.29) is 6.61 Å². The normalized spacial score (nSPS) is 16.6. The molecule has 0 bridgehead atoms. The molecule has 0 saturated heterocycles. The van der Waals surface area contributed by atoms with Gasteiger partial charge >= 0.3 is 7.60 Å². The van der Waals surface area contributed by atoms with Gasteiger partial charge in [-0.15, -0.1) is 0 Å². The first kappa shape index (κ1) is 21.5. The predicted octanol–water partition coefficient (Wildman–Crippen LogP) is 2.71. The number of benzene rings is 1. The van der Waals surface area contributed by atoms with Crippen molar-refractivity contribution in [2.75, 3.05) is 19.8 Å². The van der Waals surface area contributed by atoms with Gasteiger partial charge in [-0.25, -0.2) is 10.5 Å². The second-order valence-corrected chi connectivity index (χ2v) is 7.47. The van der Waals surface area contributed by atoms with Crippen LogP contribution in [0.15, 0.2) is 30.3 Å². The third-order valence-corrected chi connectivity index (χ3v) is 6.31. The van der Waals surface area contributed by atoms with Crippen molar-refractivity contribution in [1.82, 2.24) is 0 Å². The Balaban J connectivity index is 0.000000763. The first-order valence-electron chi connectivity index (χ1n) is 6.90. The van der Waals surface area contributed by atoms with Crippen LogP contribution in [0.5, 0.6) is 0 Å². The molecule has 0 fully saturated rings. The average molecular weight is 353 g/mol. The van der Waals surface area contributed by atoms with Crippen LogP contribution in [0, 0.1) is 0 Å². The molecule has 9 heteroatoms. The lowest BCUT2D eigenvalue weighted by molar-refractivity contribution is 0.0576. The van der Waals surface area contributed by atoms with Crippen molar-refractivity contribution >= 4 is 16.1 Å². The lowest BCUT2D eigenvalue weighted by Crippen LogP contribution is -2.26. The lowest BCUT2D eigenvalue weighted by Gasteiger charge is -2.30. The van der Waals surface area contributed by atoms with Crippen molar-refractivity contribution in [1.29, 1.82) is 0 Å². The van der Waals surface area contributed by atoms with Gasteiger partial charge in [-0.3, -0.25) is 4.57 Å². The van der Waals surface area contributed by atoms with Crippen molar-refractivity contribution in [3.8, 4) is 0 Å². The summed E-state index contributed by atoms with van der Waals surface area (Å²) in [6.45, 7) is 7.40. The second kappa shape index (κ2) is 11.1. The van der Waals surface area contributed by atoms with Gasteiger partial charge in [0, 0.05) is 25.4 Å². The molecule has 3 atom stereocenters. The van der Waals surface area contributed by atoms with Gasteiger partial charge in [0.15, 0.2) is 0 Å². The predicted molar refractivity (Wildman–Crippen MR) is 87.4 cm³/mol. The van der Waals surface area contributed by atoms with Crippen molar-refractivity contribution in [3.05, 3.63) is 35.9 Å². The van der Waals surface area contributed by atoms with E-state index in [0.29, 0.717) is 5.56 Å². The van der Waals surface area contributed by atoms with Gasteiger partial charge in [0.1, 0.15) is 8.46 Å². The van der Waals surface area contributed by atoms with E-state index in [1.165, 1.54) is 0 Å². The smallest absolute Gasteiger partial charge is 0.382 e. The van der Waals surface area contributed by atoms with Crippen molar-refractivity contribution < 1.29 is 28.1 Å². The Labute approximate surface area is 132 Å². The quantitative estimate of drug-likeness (QED) is 0.546. The molecule has 0 amide bonds. The van der Waals surface area contributed by atoms with Gasteiger partial charge < -0.3 is 18.9 Å². The minimum Gasteiger partial charge on any atom is -0.382 e. The van der Waals surface area contributed by atoms with Crippen LogP contribution < -0.4 is 5.90 Å². The van der Waals surface area contributed by atoms with Crippen LogP contribution in [0.2, 0.25) is 0 Å². The third kappa shape index (κ3) is 5.60. The molecule has 7 nitrogen and oxygen atoms in total. The van der Waals surface area contributed by atoms with Gasteiger partial charge in [0.05, 0.1) is 0 Å². The summed E-state index contributed by atoms with van der Waals surface area (Å²) < 4.78 is 37.5. The Morgan fingerprint density at radius 1 is 1.18 bits per heavy atom. The maximum Gasteiger partial charge on any atom is 0.387 e. The van der Waals surface area contributed by atoms with Crippen LogP contribution in [0.3, 0.4) is 0 Å². The zero-order valence-electron chi connectivity index (χ0n) is 13.1. The zero-order valence-corrected chi connectivity index (χ0v) is 15.1. The fraction of sp³-hybridized carbons (Fsp3) is 0.538. The van der Waals surface area contributed by atoms with Gasteiger partial charge in [-0.1, -0.05) is 30.3 Å². The molecule has 128 valence electrons. The molecule has 0 aliphatic carbocycles. The first-order valence-corrected chi connectivity index (χ1v) is 9.53. The van der Waals surface area contributed by atoms with Crippen LogP contribution in [0.1, 0.15) is 26.3 Å². The summed E-state index contributed by atoms with van der Waals surface area (Å²) in [5.41, 5.74) is 0.308. The fourth-order valence-corrected chi connectivity index (χ4v) is 3.88. The molecule has 0 radical (unpaired) electrons. The van der Waals surface area contributed by atoms with Crippen LogP contribution in [-0.2, 0) is 28.3 Å². The Hall–Kier alpha value is -0.520. The largest absolute Gasteiger partial charge is 0.387 e. The van der Waals surface area contributed by atoms with E-state index < -0.39 is 21.1 Å². The average Bonchev–Trinajstić information content (AvgIpc) is 2.54. The standard InChI is InChI=1S/C9H15NO5P2.C4H10O/c1-2-14-9(16-11,17(12,13)15-10)8-6-4-3-5-7-8;1-3-5-4-2/h3-7H,2,10,16H2,1H3,(H,12,13);3-4H2,1-2H3. The lowest BCUT2D eigenvalue weighted by atomic mass is 10.2. The van der Waals surface area contributed by atoms with Gasteiger partial charge in [0.2, 0.25) is 5.08 Å². The minimum atomic E-state index is -4.37. The molecule has 3 N–H and O–H groups in total. The molecule has 0 aromatic heterocycles. The molecule has 0 heterocycles. The van der Waals surface area contributed by atoms with Crippen LogP contribution in [-0.4, -0.2) is 24.7 Å². The SMILES string of the molecule is CCOC([PH2]=O)(c1ccccc1)P(=O)(O)ON.CCOCC. The summed E-state index contributed by atoms with van der Waals surface area (Å²) in [7, 11) is -6.13. The highest BCUT2D eigenvalue weighted by Crippen LogP contribution is 2.66. The van der Waals surface area contributed by atoms with E-state index in [1.807, 2.05) is 13.8 Å². The Kier molecular flexibility index (Phi) is 10.8. The van der Waals surface area contributed by atoms with E-state index in [4.69, 9.17) is 15.4 Å². The summed E-state index contributed by atoms with van der Waals surface area (Å²) in [5, 5.41) is -1.88. The minimum absolute atomic E-state index is 0.109. The molecule has 0 aliphatic heterocycles. The Bertz CT molecular complexity index is 471.